The van der Waals surface area contributed by atoms with Crippen LogP contribution in [-0.2, 0) is 6.54 Å². The van der Waals surface area contributed by atoms with Gasteiger partial charge in [0.15, 0.2) is 5.65 Å². The van der Waals surface area contributed by atoms with Crippen LogP contribution in [0.1, 0.15) is 19.5 Å². The van der Waals surface area contributed by atoms with Crippen molar-refractivity contribution in [1.29, 1.82) is 0 Å². The lowest BCUT2D eigenvalue weighted by atomic mass is 10.0. The molecule has 1 N–H and O–H groups in total. The van der Waals surface area contributed by atoms with E-state index in [4.69, 9.17) is 0 Å². The minimum atomic E-state index is 0.128. The first-order chi connectivity index (χ1) is 8.90. The van der Waals surface area contributed by atoms with Crippen LogP contribution in [0.2, 0.25) is 0 Å². The Morgan fingerprint density at radius 2 is 2.05 bits per heavy atom. The molecule has 2 aromatic heterocycles. The summed E-state index contributed by atoms with van der Waals surface area (Å²) in [5, 5.41) is 3.48. The van der Waals surface area contributed by atoms with Gasteiger partial charge in [0.05, 0.1) is 18.1 Å². The van der Waals surface area contributed by atoms with E-state index < -0.39 is 0 Å². The highest BCUT2D eigenvalue weighted by atomic mass is 79.9. The molecule has 0 aromatic carbocycles. The van der Waals surface area contributed by atoms with Crippen molar-refractivity contribution in [3.05, 3.63) is 28.9 Å². The monoisotopic (exact) mass is 325 g/mol. The Balaban J connectivity index is 2.04. The van der Waals surface area contributed by atoms with Crippen molar-refractivity contribution < 1.29 is 0 Å². The van der Waals surface area contributed by atoms with Crippen molar-refractivity contribution in [3.63, 3.8) is 0 Å². The largest absolute Gasteiger partial charge is 0.309 e. The van der Waals surface area contributed by atoms with E-state index in [2.05, 4.69) is 64.1 Å². The second-order valence-corrected chi connectivity index (χ2v) is 6.31. The van der Waals surface area contributed by atoms with E-state index in [1.54, 1.807) is 6.20 Å². The maximum Gasteiger partial charge on any atom is 0.155 e. The molecule has 0 amide bonds. The van der Waals surface area contributed by atoms with Crippen molar-refractivity contribution >= 4 is 21.6 Å². The lowest BCUT2D eigenvalue weighted by Gasteiger charge is -2.32. The molecule has 0 fully saturated rings. The number of aromatic nitrogens is 3. The molecule has 2 aromatic rings. The van der Waals surface area contributed by atoms with Gasteiger partial charge in [0, 0.05) is 24.8 Å². The van der Waals surface area contributed by atoms with Crippen molar-refractivity contribution in [1.82, 2.24) is 24.6 Å². The van der Waals surface area contributed by atoms with Crippen molar-refractivity contribution in [3.8, 4) is 0 Å². The molecule has 0 aliphatic heterocycles. The zero-order valence-electron chi connectivity index (χ0n) is 11.8. The van der Waals surface area contributed by atoms with Gasteiger partial charge in [-0.1, -0.05) is 0 Å². The first-order valence-electron chi connectivity index (χ1n) is 6.26. The molecule has 6 heteroatoms. The molecule has 0 bridgehead atoms. The number of hydrogen-bond donors (Lipinski definition) is 1. The number of fused-ring (bicyclic) bond motifs is 1. The molecular weight excluding hydrogens is 306 g/mol. The Morgan fingerprint density at radius 3 is 2.74 bits per heavy atom. The predicted molar refractivity (Wildman–Crippen MR) is 80.2 cm³/mol. The Hall–Kier alpha value is -0.980. The fourth-order valence-electron chi connectivity index (χ4n) is 1.70. The molecule has 104 valence electrons. The van der Waals surface area contributed by atoms with Gasteiger partial charge in [0.2, 0.25) is 0 Å². The summed E-state index contributed by atoms with van der Waals surface area (Å²) in [5.41, 5.74) is 2.13. The van der Waals surface area contributed by atoms with E-state index in [0.29, 0.717) is 0 Å². The van der Waals surface area contributed by atoms with Crippen LogP contribution in [0.25, 0.3) is 5.65 Å². The van der Waals surface area contributed by atoms with Crippen molar-refractivity contribution in [2.24, 2.45) is 0 Å². The molecule has 2 heterocycles. The fraction of sp³-hybridized carbons (Fsp3) is 0.538. The average Bonchev–Trinajstić information content (AvgIpc) is 2.71. The Kier molecular flexibility index (Phi) is 4.23. The highest BCUT2D eigenvalue weighted by Crippen LogP contribution is 2.12. The zero-order valence-corrected chi connectivity index (χ0v) is 13.4. The molecule has 0 spiro atoms. The third-order valence-electron chi connectivity index (χ3n) is 3.52. The van der Waals surface area contributed by atoms with E-state index in [0.717, 1.165) is 29.0 Å². The first-order valence-corrected chi connectivity index (χ1v) is 7.05. The summed E-state index contributed by atoms with van der Waals surface area (Å²) in [6, 6.07) is 0. The van der Waals surface area contributed by atoms with Crippen LogP contribution in [0.15, 0.2) is 23.2 Å². The summed E-state index contributed by atoms with van der Waals surface area (Å²) in [7, 11) is 4.19. The third-order valence-corrected chi connectivity index (χ3v) is 3.92. The highest BCUT2D eigenvalue weighted by molar-refractivity contribution is 9.10. The molecule has 0 unspecified atom stereocenters. The third kappa shape index (κ3) is 3.32. The van der Waals surface area contributed by atoms with E-state index in [-0.39, 0.29) is 5.54 Å². The number of nitrogens with zero attached hydrogens (tertiary/aromatic N) is 4. The quantitative estimate of drug-likeness (QED) is 0.912. The van der Waals surface area contributed by atoms with E-state index in [1.165, 1.54) is 0 Å². The summed E-state index contributed by atoms with van der Waals surface area (Å²) in [5.74, 6) is 0. The number of likely N-dealkylation sites (N-methyl/N-ethyl adjacent to an activating group) is 1. The van der Waals surface area contributed by atoms with Crippen molar-refractivity contribution in [2.75, 3.05) is 20.6 Å². The summed E-state index contributed by atoms with van der Waals surface area (Å²) in [6.07, 6.45) is 5.59. The van der Waals surface area contributed by atoms with Gasteiger partial charge in [-0.25, -0.2) is 9.97 Å². The van der Waals surface area contributed by atoms with Crippen LogP contribution in [0.5, 0.6) is 0 Å². The van der Waals surface area contributed by atoms with Gasteiger partial charge in [0.25, 0.3) is 0 Å². The standard InChI is InChI=1S/C13H20BrN5/c1-13(2,18(3)4)9-15-5-10-6-17-12-7-16-11(14)8-19(10)12/h6-8,15H,5,9H2,1-4H3. The normalized spacial score (nSPS) is 12.5. The Bertz CT molecular complexity index is 561. The van der Waals surface area contributed by atoms with Gasteiger partial charge < -0.3 is 10.2 Å². The van der Waals surface area contributed by atoms with Gasteiger partial charge in [-0.05, 0) is 43.9 Å². The van der Waals surface area contributed by atoms with Crippen LogP contribution in [0.3, 0.4) is 0 Å². The topological polar surface area (TPSA) is 45.5 Å². The summed E-state index contributed by atoms with van der Waals surface area (Å²) in [6.45, 7) is 6.14. The van der Waals surface area contributed by atoms with Crippen LogP contribution in [0.4, 0.5) is 0 Å². The van der Waals surface area contributed by atoms with E-state index in [9.17, 15) is 0 Å². The molecule has 0 aliphatic carbocycles. The SMILES string of the molecule is CN(C)C(C)(C)CNCc1cnc2cnc(Br)cn12. The van der Waals surface area contributed by atoms with Gasteiger partial charge in [0.1, 0.15) is 4.60 Å². The Labute approximate surface area is 122 Å². The number of imidazole rings is 1. The minimum Gasteiger partial charge on any atom is -0.309 e. The Morgan fingerprint density at radius 1 is 1.32 bits per heavy atom. The molecule has 0 saturated carbocycles. The predicted octanol–water partition coefficient (Wildman–Crippen LogP) is 1.92. The first kappa shape index (κ1) is 14.4. The smallest absolute Gasteiger partial charge is 0.155 e. The van der Waals surface area contributed by atoms with Crippen molar-refractivity contribution in [2.45, 2.75) is 25.9 Å². The van der Waals surface area contributed by atoms with Crippen LogP contribution >= 0.6 is 15.9 Å². The van der Waals surface area contributed by atoms with Gasteiger partial charge >= 0.3 is 0 Å². The van der Waals surface area contributed by atoms with Gasteiger partial charge in [-0.15, -0.1) is 0 Å². The van der Waals surface area contributed by atoms with Gasteiger partial charge in [-0.3, -0.25) is 4.40 Å². The number of hydrogen-bond acceptors (Lipinski definition) is 4. The summed E-state index contributed by atoms with van der Waals surface area (Å²) in [4.78, 5) is 10.7. The van der Waals surface area contributed by atoms with Gasteiger partial charge in [-0.2, -0.15) is 0 Å². The number of halogens is 1. The van der Waals surface area contributed by atoms with Crippen LogP contribution in [0, 0.1) is 0 Å². The fourth-order valence-corrected chi connectivity index (χ4v) is 2.01. The minimum absolute atomic E-state index is 0.128. The summed E-state index contributed by atoms with van der Waals surface area (Å²) < 4.78 is 2.86. The maximum absolute atomic E-state index is 4.34. The molecule has 0 radical (unpaired) electrons. The maximum atomic E-state index is 4.34. The lowest BCUT2D eigenvalue weighted by molar-refractivity contribution is 0.189. The molecule has 0 atom stereocenters. The van der Waals surface area contributed by atoms with E-state index in [1.807, 2.05) is 16.8 Å². The zero-order chi connectivity index (χ0) is 14.0. The average molecular weight is 326 g/mol. The molecule has 0 aliphatic rings. The lowest BCUT2D eigenvalue weighted by Crippen LogP contribution is -2.46. The molecular formula is C13H20BrN5. The second-order valence-electron chi connectivity index (χ2n) is 5.50. The van der Waals surface area contributed by atoms with Crippen LogP contribution < -0.4 is 5.32 Å². The molecule has 5 nitrogen and oxygen atoms in total. The molecule has 2 rings (SSSR count). The van der Waals surface area contributed by atoms with E-state index >= 15 is 0 Å². The summed E-state index contributed by atoms with van der Waals surface area (Å²) >= 11 is 3.38. The second kappa shape index (κ2) is 5.56. The van der Waals surface area contributed by atoms with Crippen LogP contribution in [-0.4, -0.2) is 45.4 Å². The molecule has 0 saturated heterocycles. The molecule has 19 heavy (non-hydrogen) atoms. The highest BCUT2D eigenvalue weighted by Gasteiger charge is 2.19. The number of nitrogens with one attached hydrogen (secondary N) is 1. The number of rotatable bonds is 5.